The maximum atomic E-state index is 13.1. The van der Waals surface area contributed by atoms with Crippen molar-refractivity contribution in [1.29, 1.82) is 0 Å². The number of esters is 1. The summed E-state index contributed by atoms with van der Waals surface area (Å²) in [5.41, 5.74) is -0.380. The van der Waals surface area contributed by atoms with E-state index >= 15 is 0 Å². The molecule has 0 saturated carbocycles. The van der Waals surface area contributed by atoms with Crippen LogP contribution in [0.3, 0.4) is 0 Å². The normalized spacial score (nSPS) is 19.8. The zero-order chi connectivity index (χ0) is 32.4. The number of fused-ring (bicyclic) bond motifs is 4. The highest BCUT2D eigenvalue weighted by Crippen LogP contribution is 2.62. The molecule has 2 aliphatic heterocycles. The lowest BCUT2D eigenvalue weighted by Crippen LogP contribution is -2.57. The summed E-state index contributed by atoms with van der Waals surface area (Å²) in [7, 11) is 9.65. The van der Waals surface area contributed by atoms with Gasteiger partial charge in [0.1, 0.15) is 23.0 Å². The first-order valence-electron chi connectivity index (χ1n) is 13.5. The molecule has 0 unspecified atom stereocenters. The highest BCUT2D eigenvalue weighted by Gasteiger charge is 2.61. The van der Waals surface area contributed by atoms with Crippen molar-refractivity contribution in [3.63, 3.8) is 0 Å². The predicted octanol–water partition coefficient (Wildman–Crippen LogP) is 2.90. The highest BCUT2D eigenvalue weighted by molar-refractivity contribution is 6.07. The van der Waals surface area contributed by atoms with Gasteiger partial charge in [0.15, 0.2) is 40.6 Å². The van der Waals surface area contributed by atoms with E-state index < -0.39 is 29.6 Å². The molecule has 45 heavy (non-hydrogen) atoms. The van der Waals surface area contributed by atoms with Gasteiger partial charge in [-0.1, -0.05) is 0 Å². The van der Waals surface area contributed by atoms with E-state index in [-0.39, 0.29) is 63.0 Å². The van der Waals surface area contributed by atoms with Gasteiger partial charge < -0.3 is 57.3 Å². The monoisotopic (exact) mass is 626 g/mol. The third-order valence-corrected chi connectivity index (χ3v) is 8.09. The van der Waals surface area contributed by atoms with Gasteiger partial charge in [0.25, 0.3) is 0 Å². The first-order chi connectivity index (χ1) is 21.6. The molecule has 0 amide bonds. The zero-order valence-corrected chi connectivity index (χ0v) is 25.4. The molecule has 6 rings (SSSR count). The van der Waals surface area contributed by atoms with Crippen molar-refractivity contribution in [1.82, 2.24) is 0 Å². The van der Waals surface area contributed by atoms with Crippen molar-refractivity contribution in [3.8, 4) is 46.0 Å². The molecule has 1 spiro atoms. The molecule has 238 valence electrons. The second-order valence-electron chi connectivity index (χ2n) is 10.2. The van der Waals surface area contributed by atoms with Crippen LogP contribution < -0.4 is 43.5 Å². The standard InChI is InChI=1S/C31H30O14/c1-36-14-11-15(37-2)23(38-3)20-19(14)24(39-4)21-27(26(20)41-6)45-31(28(21)33)17(32)10-13-8-12-9-16(29(34)42-7)43-30(35)18(12)25(40-5)22(13)44-31/h8-9,11,17,28,32-33H,10H2,1-7H3/t17-,28-,31-/m1/s1. The number of rotatable bonds is 7. The van der Waals surface area contributed by atoms with Crippen LogP contribution in [0.4, 0.5) is 0 Å². The molecule has 3 atom stereocenters. The van der Waals surface area contributed by atoms with Crippen LogP contribution in [-0.4, -0.2) is 77.8 Å². The van der Waals surface area contributed by atoms with E-state index in [1.54, 1.807) is 12.1 Å². The average Bonchev–Trinajstić information content (AvgIpc) is 3.33. The summed E-state index contributed by atoms with van der Waals surface area (Å²) < 4.78 is 56.7. The van der Waals surface area contributed by atoms with Crippen LogP contribution in [0.25, 0.3) is 21.5 Å². The first-order valence-corrected chi connectivity index (χ1v) is 13.5. The molecule has 1 aromatic heterocycles. The van der Waals surface area contributed by atoms with E-state index in [1.165, 1.54) is 48.7 Å². The highest BCUT2D eigenvalue weighted by atomic mass is 16.7. The smallest absolute Gasteiger partial charge is 0.374 e. The number of ether oxygens (including phenoxy) is 9. The molecule has 0 radical (unpaired) electrons. The topological polar surface area (TPSA) is 171 Å². The Labute approximate surface area is 255 Å². The van der Waals surface area contributed by atoms with Crippen LogP contribution in [0.2, 0.25) is 0 Å². The Morgan fingerprint density at radius 2 is 1.38 bits per heavy atom. The molecule has 2 N–H and O–H groups in total. The Kier molecular flexibility index (Phi) is 7.21. The Bertz CT molecular complexity index is 1930. The summed E-state index contributed by atoms with van der Waals surface area (Å²) in [6.07, 6.45) is -3.27. The number of aliphatic hydroxyl groups is 2. The lowest BCUT2D eigenvalue weighted by Gasteiger charge is -2.40. The molecule has 14 heteroatoms. The van der Waals surface area contributed by atoms with Crippen molar-refractivity contribution in [3.05, 3.63) is 45.5 Å². The average molecular weight is 627 g/mol. The van der Waals surface area contributed by atoms with Gasteiger partial charge in [-0.15, -0.1) is 0 Å². The Hall–Kier alpha value is -5.08. The molecule has 2 aliphatic rings. The van der Waals surface area contributed by atoms with E-state index in [1.807, 2.05) is 0 Å². The number of methoxy groups -OCH3 is 7. The fourth-order valence-corrected chi connectivity index (χ4v) is 6.15. The summed E-state index contributed by atoms with van der Waals surface area (Å²) in [5.74, 6) is -2.18. The minimum atomic E-state index is -2.16. The zero-order valence-electron chi connectivity index (χ0n) is 25.4. The molecule has 3 heterocycles. The van der Waals surface area contributed by atoms with Crippen LogP contribution in [0.15, 0.2) is 27.4 Å². The fraction of sp³-hybridized carbons (Fsp3) is 0.355. The molecule has 0 bridgehead atoms. The summed E-state index contributed by atoms with van der Waals surface area (Å²) >= 11 is 0. The Balaban J connectivity index is 1.60. The minimum absolute atomic E-state index is 0.00689. The van der Waals surface area contributed by atoms with E-state index in [0.29, 0.717) is 27.8 Å². The van der Waals surface area contributed by atoms with Crippen LogP contribution >= 0.6 is 0 Å². The second-order valence-corrected chi connectivity index (χ2v) is 10.2. The third-order valence-electron chi connectivity index (χ3n) is 8.09. The summed E-state index contributed by atoms with van der Waals surface area (Å²) in [5, 5.41) is 24.6. The van der Waals surface area contributed by atoms with Crippen LogP contribution in [0, 0.1) is 0 Å². The molecule has 0 fully saturated rings. The van der Waals surface area contributed by atoms with Crippen molar-refractivity contribution >= 4 is 27.5 Å². The van der Waals surface area contributed by atoms with Crippen LogP contribution in [-0.2, 0) is 11.2 Å². The van der Waals surface area contributed by atoms with Gasteiger partial charge in [0, 0.05) is 18.1 Å². The third kappa shape index (κ3) is 4.02. The van der Waals surface area contributed by atoms with Crippen LogP contribution in [0.5, 0.6) is 46.0 Å². The van der Waals surface area contributed by atoms with Gasteiger partial charge in [-0.3, -0.25) is 0 Å². The lowest BCUT2D eigenvalue weighted by atomic mass is 9.88. The minimum Gasteiger partial charge on any atom is -0.496 e. The van der Waals surface area contributed by atoms with Crippen molar-refractivity contribution < 1.29 is 62.1 Å². The molecule has 4 aromatic rings. The van der Waals surface area contributed by atoms with Crippen molar-refractivity contribution in [2.45, 2.75) is 24.4 Å². The predicted molar refractivity (Wildman–Crippen MR) is 156 cm³/mol. The van der Waals surface area contributed by atoms with Crippen molar-refractivity contribution in [2.75, 3.05) is 49.8 Å². The molecular weight excluding hydrogens is 596 g/mol. The fourth-order valence-electron chi connectivity index (χ4n) is 6.15. The molecular formula is C31H30O14. The van der Waals surface area contributed by atoms with Gasteiger partial charge in [0.2, 0.25) is 5.76 Å². The van der Waals surface area contributed by atoms with Crippen molar-refractivity contribution in [2.24, 2.45) is 0 Å². The van der Waals surface area contributed by atoms with Gasteiger partial charge in [-0.05, 0) is 17.5 Å². The van der Waals surface area contributed by atoms with Gasteiger partial charge >= 0.3 is 17.4 Å². The molecule has 14 nitrogen and oxygen atoms in total. The van der Waals surface area contributed by atoms with Crippen LogP contribution in [0.1, 0.15) is 27.8 Å². The van der Waals surface area contributed by atoms with E-state index in [2.05, 4.69) is 4.74 Å². The Morgan fingerprint density at radius 1 is 0.756 bits per heavy atom. The summed E-state index contributed by atoms with van der Waals surface area (Å²) in [6.45, 7) is 0. The van der Waals surface area contributed by atoms with E-state index in [4.69, 9.17) is 42.3 Å². The van der Waals surface area contributed by atoms with E-state index in [0.717, 1.165) is 7.11 Å². The lowest BCUT2D eigenvalue weighted by molar-refractivity contribution is -0.234. The second kappa shape index (κ2) is 10.8. The molecule has 3 aromatic carbocycles. The number of carbonyl (C=O) groups excluding carboxylic acids is 1. The Morgan fingerprint density at radius 3 is 1.98 bits per heavy atom. The maximum Gasteiger partial charge on any atom is 0.374 e. The van der Waals surface area contributed by atoms with Gasteiger partial charge in [0.05, 0.1) is 66.1 Å². The quantitative estimate of drug-likeness (QED) is 0.287. The number of hydrogen-bond donors (Lipinski definition) is 2. The largest absolute Gasteiger partial charge is 0.496 e. The summed E-state index contributed by atoms with van der Waals surface area (Å²) in [6, 6.07) is 4.48. The maximum absolute atomic E-state index is 13.1. The number of carbonyl (C=O) groups is 1. The number of benzene rings is 3. The SMILES string of the molecule is COC(=O)c1cc2cc3c(c(OC)c2c(=O)o1)O[C@@]1(Oc2c(c(OC)c4c(OC)cc(OC)c(OC)c4c2OC)[C@H]1O)[C@H](O)C3. The summed E-state index contributed by atoms with van der Waals surface area (Å²) in [4.78, 5) is 25.2. The van der Waals surface area contributed by atoms with Gasteiger partial charge in [-0.25, -0.2) is 9.59 Å². The molecule has 0 saturated heterocycles. The number of hydrogen-bond acceptors (Lipinski definition) is 14. The number of aliphatic hydroxyl groups excluding tert-OH is 2. The first kappa shape index (κ1) is 30.0. The van der Waals surface area contributed by atoms with Gasteiger partial charge in [-0.2, -0.15) is 0 Å². The van der Waals surface area contributed by atoms with E-state index in [9.17, 15) is 19.8 Å². The molecule has 0 aliphatic carbocycles.